The van der Waals surface area contributed by atoms with Crippen molar-refractivity contribution in [2.45, 2.75) is 19.6 Å². The van der Waals surface area contributed by atoms with Gasteiger partial charge in [-0.1, -0.05) is 22.0 Å². The predicted molar refractivity (Wildman–Crippen MR) is 79.5 cm³/mol. The van der Waals surface area contributed by atoms with Crippen molar-refractivity contribution in [1.82, 2.24) is 5.32 Å². The molecular formula is C15H13BrFNO4. The molecule has 116 valence electrons. The molecule has 0 radical (unpaired) electrons. The van der Waals surface area contributed by atoms with Crippen LogP contribution < -0.4 is 5.32 Å². The summed E-state index contributed by atoms with van der Waals surface area (Å²) in [6.45, 7) is 1.48. The van der Waals surface area contributed by atoms with Gasteiger partial charge in [0, 0.05) is 10.0 Å². The Morgan fingerprint density at radius 1 is 1.41 bits per heavy atom. The SMILES string of the molecule is C[C@H](NC(=O)c1ccco1)C(=O)OCc1ccc(F)cc1Br. The number of benzene rings is 1. The van der Waals surface area contributed by atoms with E-state index in [4.69, 9.17) is 9.15 Å². The number of amides is 1. The van der Waals surface area contributed by atoms with E-state index in [1.54, 1.807) is 6.07 Å². The van der Waals surface area contributed by atoms with E-state index in [1.165, 1.54) is 37.5 Å². The molecule has 0 unspecified atom stereocenters. The van der Waals surface area contributed by atoms with E-state index in [0.29, 0.717) is 10.0 Å². The molecule has 1 atom stereocenters. The highest BCUT2D eigenvalue weighted by atomic mass is 79.9. The van der Waals surface area contributed by atoms with Crippen molar-refractivity contribution in [1.29, 1.82) is 0 Å². The zero-order valence-corrected chi connectivity index (χ0v) is 13.2. The van der Waals surface area contributed by atoms with Gasteiger partial charge in [-0.15, -0.1) is 0 Å². The topological polar surface area (TPSA) is 68.5 Å². The molecule has 0 saturated carbocycles. The van der Waals surface area contributed by atoms with Crippen LogP contribution in [-0.4, -0.2) is 17.9 Å². The monoisotopic (exact) mass is 369 g/mol. The van der Waals surface area contributed by atoms with Crippen molar-refractivity contribution in [3.05, 3.63) is 58.2 Å². The molecule has 22 heavy (non-hydrogen) atoms. The second-order valence-corrected chi connectivity index (χ2v) is 5.37. The molecule has 2 rings (SSSR count). The lowest BCUT2D eigenvalue weighted by Gasteiger charge is -2.13. The van der Waals surface area contributed by atoms with E-state index in [0.717, 1.165) is 0 Å². The van der Waals surface area contributed by atoms with Crippen molar-refractivity contribution in [3.8, 4) is 0 Å². The first-order chi connectivity index (χ1) is 10.5. The Bertz CT molecular complexity index is 672. The zero-order valence-electron chi connectivity index (χ0n) is 11.6. The second-order valence-electron chi connectivity index (χ2n) is 4.52. The standard InChI is InChI=1S/C15H13BrFNO4/c1-9(18-14(19)13-3-2-6-21-13)15(20)22-8-10-4-5-11(17)7-12(10)16/h2-7,9H,8H2,1H3,(H,18,19)/t9-/m0/s1. The fourth-order valence-corrected chi connectivity index (χ4v) is 2.11. The molecule has 0 spiro atoms. The molecule has 2 aromatic rings. The number of hydrogen-bond acceptors (Lipinski definition) is 4. The van der Waals surface area contributed by atoms with Crippen LogP contribution in [0.25, 0.3) is 0 Å². The summed E-state index contributed by atoms with van der Waals surface area (Å²) in [7, 11) is 0. The van der Waals surface area contributed by atoms with Crippen LogP contribution in [0.3, 0.4) is 0 Å². The predicted octanol–water partition coefficient (Wildman–Crippen LogP) is 3.04. The van der Waals surface area contributed by atoms with E-state index in [-0.39, 0.29) is 18.2 Å². The minimum atomic E-state index is -0.836. The van der Waals surface area contributed by atoms with Gasteiger partial charge in [-0.2, -0.15) is 0 Å². The Morgan fingerprint density at radius 3 is 2.82 bits per heavy atom. The lowest BCUT2D eigenvalue weighted by atomic mass is 10.2. The molecule has 5 nitrogen and oxygen atoms in total. The Hall–Kier alpha value is -2.15. The number of furan rings is 1. The molecule has 0 bridgehead atoms. The molecule has 7 heteroatoms. The van der Waals surface area contributed by atoms with E-state index in [1.807, 2.05) is 0 Å². The van der Waals surface area contributed by atoms with Crippen molar-refractivity contribution < 1.29 is 23.1 Å². The molecule has 1 heterocycles. The molecule has 0 aliphatic heterocycles. The summed E-state index contributed by atoms with van der Waals surface area (Å²) < 4.78 is 23.5. The van der Waals surface area contributed by atoms with E-state index in [2.05, 4.69) is 21.2 Å². The van der Waals surface area contributed by atoms with Gasteiger partial charge in [0.25, 0.3) is 5.91 Å². The normalized spacial score (nSPS) is 11.8. The Kier molecular flexibility index (Phi) is 5.32. The highest BCUT2D eigenvalue weighted by Gasteiger charge is 2.19. The Morgan fingerprint density at radius 2 is 2.18 bits per heavy atom. The average Bonchev–Trinajstić information content (AvgIpc) is 3.00. The van der Waals surface area contributed by atoms with Gasteiger partial charge in [-0.05, 0) is 31.2 Å². The first kappa shape index (κ1) is 16.2. The highest BCUT2D eigenvalue weighted by molar-refractivity contribution is 9.10. The average molecular weight is 370 g/mol. The number of rotatable bonds is 5. The summed E-state index contributed by atoms with van der Waals surface area (Å²) in [5.74, 6) is -1.38. The van der Waals surface area contributed by atoms with E-state index < -0.39 is 17.9 Å². The highest BCUT2D eigenvalue weighted by Crippen LogP contribution is 2.19. The number of carbonyl (C=O) groups excluding carboxylic acids is 2. The number of halogens is 2. The molecule has 0 fully saturated rings. The van der Waals surface area contributed by atoms with Gasteiger partial charge >= 0.3 is 5.97 Å². The molecule has 1 amide bonds. The quantitative estimate of drug-likeness (QED) is 0.822. The number of nitrogens with one attached hydrogen (secondary N) is 1. The maximum absolute atomic E-state index is 13.0. The summed E-state index contributed by atoms with van der Waals surface area (Å²) in [4.78, 5) is 23.6. The third-order valence-corrected chi connectivity index (χ3v) is 3.57. The number of ether oxygens (including phenoxy) is 1. The van der Waals surface area contributed by atoms with E-state index in [9.17, 15) is 14.0 Å². The van der Waals surface area contributed by atoms with Crippen molar-refractivity contribution in [3.63, 3.8) is 0 Å². The lowest BCUT2D eigenvalue weighted by molar-refractivity contribution is -0.146. The van der Waals surface area contributed by atoms with Crippen LogP contribution in [0.15, 0.2) is 45.5 Å². The zero-order chi connectivity index (χ0) is 16.1. The number of esters is 1. The van der Waals surface area contributed by atoms with Gasteiger partial charge in [0.15, 0.2) is 5.76 Å². The van der Waals surface area contributed by atoms with Gasteiger partial charge in [-0.25, -0.2) is 9.18 Å². The van der Waals surface area contributed by atoms with Gasteiger partial charge < -0.3 is 14.5 Å². The van der Waals surface area contributed by atoms with Crippen molar-refractivity contribution in [2.75, 3.05) is 0 Å². The van der Waals surface area contributed by atoms with Crippen molar-refractivity contribution in [2.24, 2.45) is 0 Å². The molecule has 1 aromatic carbocycles. The van der Waals surface area contributed by atoms with Crippen LogP contribution in [0.1, 0.15) is 23.0 Å². The van der Waals surface area contributed by atoms with Gasteiger partial charge in [0.05, 0.1) is 6.26 Å². The Balaban J connectivity index is 1.87. The van der Waals surface area contributed by atoms with Crippen LogP contribution in [0, 0.1) is 5.82 Å². The molecular weight excluding hydrogens is 357 g/mol. The van der Waals surface area contributed by atoms with Gasteiger partial charge in [0.2, 0.25) is 0 Å². The van der Waals surface area contributed by atoms with Crippen LogP contribution in [0.5, 0.6) is 0 Å². The first-order valence-corrected chi connectivity index (χ1v) is 7.21. The number of hydrogen-bond donors (Lipinski definition) is 1. The van der Waals surface area contributed by atoms with Crippen LogP contribution in [0.4, 0.5) is 4.39 Å². The summed E-state index contributed by atoms with van der Waals surface area (Å²) in [6.07, 6.45) is 1.37. The van der Waals surface area contributed by atoms with Crippen LogP contribution in [-0.2, 0) is 16.1 Å². The molecule has 1 N–H and O–H groups in total. The van der Waals surface area contributed by atoms with Crippen molar-refractivity contribution >= 4 is 27.8 Å². The molecule has 0 aliphatic rings. The third kappa shape index (κ3) is 4.17. The van der Waals surface area contributed by atoms with Gasteiger partial charge in [0.1, 0.15) is 18.5 Å². The van der Waals surface area contributed by atoms with Gasteiger partial charge in [-0.3, -0.25) is 4.79 Å². The maximum Gasteiger partial charge on any atom is 0.328 e. The summed E-state index contributed by atoms with van der Waals surface area (Å²) >= 11 is 3.19. The summed E-state index contributed by atoms with van der Waals surface area (Å²) in [5.41, 5.74) is 0.624. The fourth-order valence-electron chi connectivity index (χ4n) is 1.65. The first-order valence-electron chi connectivity index (χ1n) is 6.42. The molecule has 0 aliphatic carbocycles. The lowest BCUT2D eigenvalue weighted by Crippen LogP contribution is -2.39. The fraction of sp³-hybridized carbons (Fsp3) is 0.200. The minimum Gasteiger partial charge on any atom is -0.459 e. The minimum absolute atomic E-state index is 0.0271. The molecule has 0 saturated heterocycles. The summed E-state index contributed by atoms with van der Waals surface area (Å²) in [5, 5.41) is 2.46. The smallest absolute Gasteiger partial charge is 0.328 e. The summed E-state index contributed by atoms with van der Waals surface area (Å²) in [6, 6.07) is 6.30. The van der Waals surface area contributed by atoms with Crippen LogP contribution >= 0.6 is 15.9 Å². The second kappa shape index (κ2) is 7.22. The van der Waals surface area contributed by atoms with Crippen LogP contribution in [0.2, 0.25) is 0 Å². The largest absolute Gasteiger partial charge is 0.459 e. The molecule has 1 aromatic heterocycles. The number of carbonyl (C=O) groups is 2. The Labute approximate surface area is 134 Å². The third-order valence-electron chi connectivity index (χ3n) is 2.83. The maximum atomic E-state index is 13.0. The van der Waals surface area contributed by atoms with E-state index >= 15 is 0 Å².